The summed E-state index contributed by atoms with van der Waals surface area (Å²) >= 11 is 0. The van der Waals surface area contributed by atoms with Crippen LogP contribution >= 0.6 is 0 Å². The molecule has 2 nitrogen and oxygen atoms in total. The van der Waals surface area contributed by atoms with Gasteiger partial charge in [-0.3, -0.25) is 4.79 Å². The van der Waals surface area contributed by atoms with Crippen LogP contribution in [0.2, 0.25) is 0 Å². The molecule has 2 aromatic rings. The SMILES string of the molecule is O=C(COc1ccc(F)cc1)c1c(F)cccc1F. The minimum Gasteiger partial charge on any atom is -0.485 e. The molecule has 2 aromatic carbocycles. The lowest BCUT2D eigenvalue weighted by atomic mass is 10.1. The minimum atomic E-state index is -0.937. The number of carbonyl (C=O) groups is 1. The molecule has 0 N–H and O–H groups in total. The van der Waals surface area contributed by atoms with Gasteiger partial charge in [0.25, 0.3) is 0 Å². The quantitative estimate of drug-likeness (QED) is 0.793. The second kappa shape index (κ2) is 5.56. The highest BCUT2D eigenvalue weighted by molar-refractivity contribution is 5.97. The molecule has 5 heteroatoms. The molecule has 98 valence electrons. The Labute approximate surface area is 107 Å². The van der Waals surface area contributed by atoms with Crippen LogP contribution in [0.5, 0.6) is 5.75 Å². The average Bonchev–Trinajstić information content (AvgIpc) is 2.38. The van der Waals surface area contributed by atoms with E-state index in [0.717, 1.165) is 24.3 Å². The molecule has 0 amide bonds. The van der Waals surface area contributed by atoms with Crippen LogP contribution in [-0.4, -0.2) is 12.4 Å². The molecule has 0 aromatic heterocycles. The van der Waals surface area contributed by atoms with Gasteiger partial charge in [-0.1, -0.05) is 6.07 Å². The van der Waals surface area contributed by atoms with E-state index in [9.17, 15) is 18.0 Å². The van der Waals surface area contributed by atoms with Crippen LogP contribution in [-0.2, 0) is 0 Å². The third-order valence-electron chi connectivity index (χ3n) is 2.43. The lowest BCUT2D eigenvalue weighted by molar-refractivity contribution is 0.0913. The van der Waals surface area contributed by atoms with Crippen LogP contribution in [0.1, 0.15) is 10.4 Å². The van der Waals surface area contributed by atoms with Crippen LogP contribution in [0.25, 0.3) is 0 Å². The summed E-state index contributed by atoms with van der Waals surface area (Å²) in [5.74, 6) is -2.90. The first kappa shape index (κ1) is 13.1. The van der Waals surface area contributed by atoms with Crippen LogP contribution < -0.4 is 4.74 Å². The zero-order valence-corrected chi connectivity index (χ0v) is 9.70. The van der Waals surface area contributed by atoms with E-state index in [1.165, 1.54) is 18.2 Å². The fraction of sp³-hybridized carbons (Fsp3) is 0.0714. The topological polar surface area (TPSA) is 26.3 Å². The van der Waals surface area contributed by atoms with Gasteiger partial charge in [0.15, 0.2) is 6.61 Å². The number of ether oxygens (including phenoxy) is 1. The molecule has 2 rings (SSSR count). The largest absolute Gasteiger partial charge is 0.485 e. The summed E-state index contributed by atoms with van der Waals surface area (Å²) in [6, 6.07) is 8.11. The van der Waals surface area contributed by atoms with Crippen LogP contribution in [0.4, 0.5) is 13.2 Å². The summed E-state index contributed by atoms with van der Waals surface area (Å²) in [6.45, 7) is -0.524. The molecular weight excluding hydrogens is 257 g/mol. The van der Waals surface area contributed by atoms with Crippen molar-refractivity contribution in [2.24, 2.45) is 0 Å². The highest BCUT2D eigenvalue weighted by Gasteiger charge is 2.17. The van der Waals surface area contributed by atoms with E-state index >= 15 is 0 Å². The summed E-state index contributed by atoms with van der Waals surface area (Å²) < 4.78 is 44.3. The molecule has 0 atom stereocenters. The highest BCUT2D eigenvalue weighted by atomic mass is 19.1. The van der Waals surface area contributed by atoms with Gasteiger partial charge in [0.2, 0.25) is 5.78 Å². The fourth-order valence-electron chi connectivity index (χ4n) is 1.52. The first-order valence-corrected chi connectivity index (χ1v) is 5.43. The maximum Gasteiger partial charge on any atom is 0.206 e. The predicted molar refractivity (Wildman–Crippen MR) is 62.6 cm³/mol. The van der Waals surface area contributed by atoms with Crippen LogP contribution in [0.15, 0.2) is 42.5 Å². The monoisotopic (exact) mass is 266 g/mol. The molecule has 0 saturated heterocycles. The highest BCUT2D eigenvalue weighted by Crippen LogP contribution is 2.15. The van der Waals surface area contributed by atoms with Gasteiger partial charge in [-0.25, -0.2) is 13.2 Å². The van der Waals surface area contributed by atoms with Crippen molar-refractivity contribution in [1.29, 1.82) is 0 Å². The molecule has 0 fully saturated rings. The van der Waals surface area contributed by atoms with E-state index < -0.39 is 35.4 Å². The Morgan fingerprint density at radius 2 is 1.53 bits per heavy atom. The standard InChI is InChI=1S/C14H9F3O2/c15-9-4-6-10(7-5-9)19-8-13(18)14-11(16)2-1-3-12(14)17/h1-7H,8H2. The first-order valence-electron chi connectivity index (χ1n) is 5.43. The third-order valence-corrected chi connectivity index (χ3v) is 2.43. The maximum absolute atomic E-state index is 13.3. The number of Topliss-reactive ketones (excluding diaryl/α,β-unsaturated/α-hetero) is 1. The number of hydrogen-bond acceptors (Lipinski definition) is 2. The third kappa shape index (κ3) is 3.13. The molecule has 0 saturated carbocycles. The predicted octanol–water partition coefficient (Wildman–Crippen LogP) is 3.37. The molecule has 0 radical (unpaired) electrons. The summed E-state index contributed by atoms with van der Waals surface area (Å²) in [6.07, 6.45) is 0. The minimum absolute atomic E-state index is 0.242. The van der Waals surface area contributed by atoms with Gasteiger partial charge in [0.1, 0.15) is 23.2 Å². The second-order valence-corrected chi connectivity index (χ2v) is 3.76. The number of halogens is 3. The summed E-state index contributed by atoms with van der Waals surface area (Å²) in [4.78, 5) is 11.6. The van der Waals surface area contributed by atoms with Crippen molar-refractivity contribution in [2.75, 3.05) is 6.61 Å². The summed E-state index contributed by atoms with van der Waals surface area (Å²) in [7, 11) is 0. The lowest BCUT2D eigenvalue weighted by Gasteiger charge is -2.06. The number of ketones is 1. The molecule has 0 bridgehead atoms. The zero-order chi connectivity index (χ0) is 13.8. The molecule has 0 aliphatic heterocycles. The van der Waals surface area contributed by atoms with Crippen LogP contribution in [0, 0.1) is 17.5 Å². The van der Waals surface area contributed by atoms with Crippen molar-refractivity contribution in [2.45, 2.75) is 0 Å². The van der Waals surface area contributed by atoms with Crippen molar-refractivity contribution in [1.82, 2.24) is 0 Å². The lowest BCUT2D eigenvalue weighted by Crippen LogP contribution is -2.15. The molecule has 19 heavy (non-hydrogen) atoms. The van der Waals surface area contributed by atoms with E-state index in [4.69, 9.17) is 4.74 Å². The van der Waals surface area contributed by atoms with Gasteiger partial charge in [-0.15, -0.1) is 0 Å². The van der Waals surface area contributed by atoms with Gasteiger partial charge < -0.3 is 4.74 Å². The molecule has 0 spiro atoms. The number of hydrogen-bond donors (Lipinski definition) is 0. The van der Waals surface area contributed by atoms with Gasteiger partial charge in [0, 0.05) is 0 Å². The zero-order valence-electron chi connectivity index (χ0n) is 9.70. The Balaban J connectivity index is 2.07. The number of rotatable bonds is 4. The van der Waals surface area contributed by atoms with Gasteiger partial charge in [-0.05, 0) is 36.4 Å². The Bertz CT molecular complexity index is 574. The second-order valence-electron chi connectivity index (χ2n) is 3.76. The van der Waals surface area contributed by atoms with Crippen molar-refractivity contribution >= 4 is 5.78 Å². The van der Waals surface area contributed by atoms with Crippen molar-refractivity contribution < 1.29 is 22.7 Å². The Morgan fingerprint density at radius 1 is 0.947 bits per heavy atom. The smallest absolute Gasteiger partial charge is 0.206 e. The first-order chi connectivity index (χ1) is 9.08. The molecule has 0 aliphatic rings. The van der Waals surface area contributed by atoms with E-state index in [0.29, 0.717) is 0 Å². The number of carbonyl (C=O) groups excluding carboxylic acids is 1. The van der Waals surface area contributed by atoms with Crippen molar-refractivity contribution in [3.05, 3.63) is 65.5 Å². The van der Waals surface area contributed by atoms with E-state index in [1.54, 1.807) is 0 Å². The molecule has 0 unspecified atom stereocenters. The molecule has 0 aliphatic carbocycles. The Morgan fingerprint density at radius 3 is 2.11 bits per heavy atom. The summed E-state index contributed by atoms with van der Waals surface area (Å²) in [5, 5.41) is 0. The summed E-state index contributed by atoms with van der Waals surface area (Å²) in [5.41, 5.74) is -0.635. The van der Waals surface area contributed by atoms with Crippen molar-refractivity contribution in [3.8, 4) is 5.75 Å². The average molecular weight is 266 g/mol. The van der Waals surface area contributed by atoms with E-state index in [1.807, 2.05) is 0 Å². The van der Waals surface area contributed by atoms with Crippen molar-refractivity contribution in [3.63, 3.8) is 0 Å². The Kier molecular flexibility index (Phi) is 3.85. The van der Waals surface area contributed by atoms with E-state index in [-0.39, 0.29) is 5.75 Å². The maximum atomic E-state index is 13.3. The molecule has 0 heterocycles. The Hall–Kier alpha value is -2.30. The fourth-order valence-corrected chi connectivity index (χ4v) is 1.52. The van der Waals surface area contributed by atoms with Gasteiger partial charge >= 0.3 is 0 Å². The van der Waals surface area contributed by atoms with Crippen LogP contribution in [0.3, 0.4) is 0 Å². The van der Waals surface area contributed by atoms with Gasteiger partial charge in [0.05, 0.1) is 5.56 Å². The van der Waals surface area contributed by atoms with E-state index in [2.05, 4.69) is 0 Å². The number of benzene rings is 2. The normalized spacial score (nSPS) is 10.3. The van der Waals surface area contributed by atoms with Gasteiger partial charge in [-0.2, -0.15) is 0 Å². The molecular formula is C14H9F3O2.